The number of nitro benzene ring substituents is 1. The number of quaternary nitrogens is 1. The van der Waals surface area contributed by atoms with Gasteiger partial charge in [0, 0.05) is 17.9 Å². The first-order valence-corrected chi connectivity index (χ1v) is 8.29. The average molecular weight is 336 g/mol. The molecule has 24 heavy (non-hydrogen) atoms. The summed E-state index contributed by atoms with van der Waals surface area (Å²) < 4.78 is 5.17. The summed E-state index contributed by atoms with van der Waals surface area (Å²) in [6.07, 6.45) is 1.20. The van der Waals surface area contributed by atoms with Crippen molar-refractivity contribution in [1.82, 2.24) is 0 Å². The number of hydrogen-bond acceptors (Lipinski definition) is 4. The van der Waals surface area contributed by atoms with Crippen LogP contribution in [-0.2, 0) is 4.79 Å². The van der Waals surface area contributed by atoms with Gasteiger partial charge in [-0.05, 0) is 19.4 Å². The standard InChI is InChI=1S/C17H25N3O4/c1-11-7-12(2)10-19(9-11)13(3)17(21)18-15-6-5-14(20(22)23)8-16(15)24-4/h5-6,8,11-13H,7,9-10H2,1-4H3,(H,18,21)/p+1/t11-,12-,13+/m1/s1. The molecular formula is C17H26N3O4+. The van der Waals surface area contributed by atoms with E-state index in [0.717, 1.165) is 13.1 Å². The van der Waals surface area contributed by atoms with Gasteiger partial charge in [-0.1, -0.05) is 13.8 Å². The summed E-state index contributed by atoms with van der Waals surface area (Å²) in [6, 6.07) is 4.01. The molecule has 0 radical (unpaired) electrons. The molecule has 1 aromatic carbocycles. The molecule has 7 heteroatoms. The zero-order valence-corrected chi connectivity index (χ0v) is 14.7. The number of carbonyl (C=O) groups excluding carboxylic acids is 1. The Kier molecular flexibility index (Phi) is 5.77. The van der Waals surface area contributed by atoms with Crippen molar-refractivity contribution < 1.29 is 19.4 Å². The van der Waals surface area contributed by atoms with Gasteiger partial charge in [-0.2, -0.15) is 0 Å². The highest BCUT2D eigenvalue weighted by Crippen LogP contribution is 2.29. The number of nitro groups is 1. The van der Waals surface area contributed by atoms with Crippen molar-refractivity contribution in [1.29, 1.82) is 0 Å². The van der Waals surface area contributed by atoms with Crippen molar-refractivity contribution in [3.8, 4) is 5.75 Å². The minimum atomic E-state index is -0.489. The van der Waals surface area contributed by atoms with Crippen LogP contribution in [0.3, 0.4) is 0 Å². The van der Waals surface area contributed by atoms with Gasteiger partial charge in [0.25, 0.3) is 11.6 Å². The number of ether oxygens (including phenoxy) is 1. The normalized spacial score (nSPS) is 24.9. The number of nitrogens with one attached hydrogen (secondary N) is 2. The molecule has 2 rings (SSSR count). The minimum absolute atomic E-state index is 0.0674. The van der Waals surface area contributed by atoms with Crippen LogP contribution in [0, 0.1) is 22.0 Å². The smallest absolute Gasteiger partial charge is 0.282 e. The monoisotopic (exact) mass is 336 g/mol. The van der Waals surface area contributed by atoms with E-state index in [0.29, 0.717) is 23.3 Å². The lowest BCUT2D eigenvalue weighted by Gasteiger charge is -2.35. The summed E-state index contributed by atoms with van der Waals surface area (Å²) >= 11 is 0. The highest BCUT2D eigenvalue weighted by atomic mass is 16.6. The fourth-order valence-corrected chi connectivity index (χ4v) is 3.51. The third kappa shape index (κ3) is 4.23. The second-order valence-electron chi connectivity index (χ2n) is 6.87. The Balaban J connectivity index is 2.09. The summed E-state index contributed by atoms with van der Waals surface area (Å²) in [7, 11) is 1.43. The number of methoxy groups -OCH3 is 1. The summed E-state index contributed by atoms with van der Waals surface area (Å²) in [5.41, 5.74) is 0.389. The van der Waals surface area contributed by atoms with Gasteiger partial charge in [-0.25, -0.2) is 0 Å². The number of nitrogens with zero attached hydrogens (tertiary/aromatic N) is 1. The van der Waals surface area contributed by atoms with E-state index in [9.17, 15) is 14.9 Å². The zero-order chi connectivity index (χ0) is 17.9. The number of likely N-dealkylation sites (tertiary alicyclic amines) is 1. The highest BCUT2D eigenvalue weighted by Gasteiger charge is 2.32. The maximum Gasteiger partial charge on any atom is 0.282 e. The first-order valence-electron chi connectivity index (χ1n) is 8.29. The summed E-state index contributed by atoms with van der Waals surface area (Å²) in [6.45, 7) is 8.33. The van der Waals surface area contributed by atoms with Gasteiger partial charge in [0.05, 0.1) is 36.9 Å². The number of hydrogen-bond donors (Lipinski definition) is 2. The van der Waals surface area contributed by atoms with Gasteiger partial charge in [-0.3, -0.25) is 14.9 Å². The Morgan fingerprint density at radius 1 is 1.38 bits per heavy atom. The predicted octanol–water partition coefficient (Wildman–Crippen LogP) is 1.49. The third-order valence-electron chi connectivity index (χ3n) is 4.69. The van der Waals surface area contributed by atoms with Crippen LogP contribution in [0.15, 0.2) is 18.2 Å². The lowest BCUT2D eigenvalue weighted by Crippen LogP contribution is -3.18. The van der Waals surface area contributed by atoms with Gasteiger partial charge >= 0.3 is 0 Å². The molecule has 1 aromatic rings. The van der Waals surface area contributed by atoms with Crippen LogP contribution in [0.25, 0.3) is 0 Å². The van der Waals surface area contributed by atoms with Crippen molar-refractivity contribution in [2.24, 2.45) is 11.8 Å². The van der Waals surface area contributed by atoms with E-state index in [2.05, 4.69) is 19.2 Å². The molecule has 0 bridgehead atoms. The number of piperidine rings is 1. The third-order valence-corrected chi connectivity index (χ3v) is 4.69. The number of carbonyl (C=O) groups is 1. The Morgan fingerprint density at radius 3 is 2.54 bits per heavy atom. The zero-order valence-electron chi connectivity index (χ0n) is 14.7. The molecule has 7 nitrogen and oxygen atoms in total. The van der Waals surface area contributed by atoms with E-state index in [1.165, 1.54) is 36.6 Å². The van der Waals surface area contributed by atoms with Gasteiger partial charge < -0.3 is 15.0 Å². The average Bonchev–Trinajstić information content (AvgIpc) is 2.53. The van der Waals surface area contributed by atoms with Crippen LogP contribution >= 0.6 is 0 Å². The SMILES string of the molecule is COc1cc([N+](=O)[O-])ccc1NC(=O)[C@H](C)[NH+]1C[C@H](C)C[C@@H](C)C1. The lowest BCUT2D eigenvalue weighted by molar-refractivity contribution is -0.925. The van der Waals surface area contributed by atoms with Gasteiger partial charge in [0.1, 0.15) is 5.75 Å². The first kappa shape index (κ1) is 18.2. The van der Waals surface area contributed by atoms with Crippen LogP contribution in [0.5, 0.6) is 5.75 Å². The number of anilines is 1. The van der Waals surface area contributed by atoms with Gasteiger partial charge in [-0.15, -0.1) is 0 Å². The van der Waals surface area contributed by atoms with Crippen molar-refractivity contribution in [3.63, 3.8) is 0 Å². The first-order chi connectivity index (χ1) is 11.3. The Bertz CT molecular complexity index is 610. The Morgan fingerprint density at radius 2 is 2.00 bits per heavy atom. The minimum Gasteiger partial charge on any atom is -0.494 e. The number of non-ortho nitro benzene ring substituents is 1. The van der Waals surface area contributed by atoms with E-state index in [-0.39, 0.29) is 17.6 Å². The van der Waals surface area contributed by atoms with Crippen molar-refractivity contribution >= 4 is 17.3 Å². The van der Waals surface area contributed by atoms with Crippen LogP contribution in [-0.4, -0.2) is 37.1 Å². The maximum atomic E-state index is 12.6. The number of benzene rings is 1. The molecule has 0 unspecified atom stereocenters. The van der Waals surface area contributed by atoms with E-state index >= 15 is 0 Å². The molecule has 132 valence electrons. The predicted molar refractivity (Wildman–Crippen MR) is 91.4 cm³/mol. The van der Waals surface area contributed by atoms with E-state index in [1.807, 2.05) is 6.92 Å². The molecule has 1 aliphatic heterocycles. The molecule has 0 spiro atoms. The molecule has 0 saturated carbocycles. The lowest BCUT2D eigenvalue weighted by atomic mass is 9.91. The van der Waals surface area contributed by atoms with Crippen molar-refractivity contribution in [3.05, 3.63) is 28.3 Å². The molecule has 1 aliphatic rings. The summed E-state index contributed by atoms with van der Waals surface area (Å²) in [5.74, 6) is 1.40. The molecule has 0 aromatic heterocycles. The topological polar surface area (TPSA) is 85.9 Å². The van der Waals surface area contributed by atoms with Crippen LogP contribution < -0.4 is 15.0 Å². The van der Waals surface area contributed by atoms with Crippen LogP contribution in [0.4, 0.5) is 11.4 Å². The van der Waals surface area contributed by atoms with Crippen LogP contribution in [0.2, 0.25) is 0 Å². The largest absolute Gasteiger partial charge is 0.494 e. The Hall–Kier alpha value is -2.15. The molecule has 1 heterocycles. The second-order valence-corrected chi connectivity index (χ2v) is 6.87. The van der Waals surface area contributed by atoms with E-state index < -0.39 is 4.92 Å². The summed E-state index contributed by atoms with van der Waals surface area (Å²) in [5, 5.41) is 13.7. The maximum absolute atomic E-state index is 12.6. The van der Waals surface area contributed by atoms with Gasteiger partial charge in [0.2, 0.25) is 0 Å². The van der Waals surface area contributed by atoms with Gasteiger partial charge in [0.15, 0.2) is 6.04 Å². The van der Waals surface area contributed by atoms with E-state index in [1.54, 1.807) is 0 Å². The molecule has 2 N–H and O–H groups in total. The molecule has 1 saturated heterocycles. The highest BCUT2D eigenvalue weighted by molar-refractivity contribution is 5.95. The Labute approximate surface area is 142 Å². The molecule has 1 fully saturated rings. The molecule has 1 amide bonds. The van der Waals surface area contributed by atoms with E-state index in [4.69, 9.17) is 4.74 Å². The summed E-state index contributed by atoms with van der Waals surface area (Å²) in [4.78, 5) is 24.2. The van der Waals surface area contributed by atoms with Crippen LogP contribution in [0.1, 0.15) is 27.2 Å². The second kappa shape index (κ2) is 7.61. The fourth-order valence-electron chi connectivity index (χ4n) is 3.51. The quantitative estimate of drug-likeness (QED) is 0.630. The molecular weight excluding hydrogens is 310 g/mol. The molecule has 0 aliphatic carbocycles. The number of rotatable bonds is 5. The fraction of sp³-hybridized carbons (Fsp3) is 0.588. The number of amides is 1. The van der Waals surface area contributed by atoms with Crippen molar-refractivity contribution in [2.45, 2.75) is 33.2 Å². The van der Waals surface area contributed by atoms with Crippen molar-refractivity contribution in [2.75, 3.05) is 25.5 Å². The molecule has 3 atom stereocenters.